The Balaban J connectivity index is 1.42. The fraction of sp³-hybridized carbons (Fsp3) is 0.333. The minimum absolute atomic E-state index is 0.0778. The van der Waals surface area contributed by atoms with Crippen LogP contribution in [0.2, 0.25) is 0 Å². The number of aryl methyl sites for hydroxylation is 2. The molecule has 5 rings (SSSR count). The number of thiophene rings is 1. The fourth-order valence-electron chi connectivity index (χ4n) is 4.09. The van der Waals surface area contributed by atoms with E-state index >= 15 is 0 Å². The molecule has 6 heteroatoms. The number of aromatic nitrogens is 3. The Morgan fingerprint density at radius 1 is 1.26 bits per heavy atom. The van der Waals surface area contributed by atoms with Crippen LogP contribution >= 0.6 is 11.3 Å². The van der Waals surface area contributed by atoms with Crippen molar-refractivity contribution < 1.29 is 0 Å². The van der Waals surface area contributed by atoms with Crippen LogP contribution in [0.5, 0.6) is 0 Å². The largest absolute Gasteiger partial charge is 0.361 e. The van der Waals surface area contributed by atoms with E-state index in [9.17, 15) is 4.79 Å². The highest BCUT2D eigenvalue weighted by Crippen LogP contribution is 2.34. The Morgan fingerprint density at radius 2 is 2.11 bits per heavy atom. The van der Waals surface area contributed by atoms with Crippen molar-refractivity contribution in [2.24, 2.45) is 7.05 Å². The van der Waals surface area contributed by atoms with E-state index < -0.39 is 0 Å². The molecule has 4 aromatic rings. The van der Waals surface area contributed by atoms with Gasteiger partial charge in [-0.1, -0.05) is 18.2 Å². The van der Waals surface area contributed by atoms with Crippen LogP contribution in [0, 0.1) is 0 Å². The number of rotatable bonds is 4. The van der Waals surface area contributed by atoms with E-state index in [0.717, 1.165) is 41.5 Å². The molecule has 1 aliphatic rings. The second-order valence-corrected chi connectivity index (χ2v) is 8.31. The zero-order chi connectivity index (χ0) is 18.4. The van der Waals surface area contributed by atoms with Crippen LogP contribution in [0.4, 0.5) is 5.95 Å². The SMILES string of the molecule is Cn1c(NCCc2c[nH]c3ccccc23)nc2sc3c(c2c1=O)CCCC3. The molecule has 0 radical (unpaired) electrons. The monoisotopic (exact) mass is 378 g/mol. The summed E-state index contributed by atoms with van der Waals surface area (Å²) in [7, 11) is 1.82. The lowest BCUT2D eigenvalue weighted by atomic mass is 9.97. The Bertz CT molecular complexity index is 1200. The highest BCUT2D eigenvalue weighted by atomic mass is 32.1. The molecule has 0 unspecified atom stereocenters. The molecule has 0 saturated heterocycles. The van der Waals surface area contributed by atoms with Crippen LogP contribution in [-0.4, -0.2) is 21.1 Å². The topological polar surface area (TPSA) is 62.7 Å². The number of anilines is 1. The van der Waals surface area contributed by atoms with Gasteiger partial charge >= 0.3 is 0 Å². The van der Waals surface area contributed by atoms with Gasteiger partial charge in [0.05, 0.1) is 5.39 Å². The van der Waals surface area contributed by atoms with Gasteiger partial charge in [0, 0.05) is 35.6 Å². The summed E-state index contributed by atoms with van der Waals surface area (Å²) in [6.45, 7) is 0.735. The molecule has 0 atom stereocenters. The predicted octanol–water partition coefficient (Wildman–Crippen LogP) is 4.01. The zero-order valence-corrected chi connectivity index (χ0v) is 16.2. The van der Waals surface area contributed by atoms with Crippen molar-refractivity contribution >= 4 is 38.4 Å². The van der Waals surface area contributed by atoms with Crippen molar-refractivity contribution in [3.63, 3.8) is 0 Å². The third-order valence-corrected chi connectivity index (χ3v) is 6.73. The Labute approximate surface area is 161 Å². The third kappa shape index (κ3) is 2.75. The van der Waals surface area contributed by atoms with Gasteiger partial charge < -0.3 is 10.3 Å². The number of hydrogen-bond donors (Lipinski definition) is 2. The molecule has 2 N–H and O–H groups in total. The van der Waals surface area contributed by atoms with Gasteiger partial charge in [-0.15, -0.1) is 11.3 Å². The van der Waals surface area contributed by atoms with Gasteiger partial charge in [0.2, 0.25) is 5.95 Å². The van der Waals surface area contributed by atoms with Crippen molar-refractivity contribution in [2.45, 2.75) is 32.1 Å². The number of benzene rings is 1. The average Bonchev–Trinajstić information content (AvgIpc) is 3.27. The van der Waals surface area contributed by atoms with Crippen molar-refractivity contribution in [3.8, 4) is 0 Å². The second kappa shape index (κ2) is 6.53. The quantitative estimate of drug-likeness (QED) is 0.564. The molecule has 27 heavy (non-hydrogen) atoms. The normalized spacial score (nSPS) is 14.0. The van der Waals surface area contributed by atoms with E-state index in [-0.39, 0.29) is 5.56 Å². The van der Waals surface area contributed by atoms with Crippen LogP contribution in [0.3, 0.4) is 0 Å². The minimum atomic E-state index is 0.0778. The first kappa shape index (κ1) is 16.6. The third-order valence-electron chi connectivity index (χ3n) is 5.55. The maximum atomic E-state index is 12.9. The molecule has 0 bridgehead atoms. The molecule has 3 aromatic heterocycles. The highest BCUT2D eigenvalue weighted by molar-refractivity contribution is 7.18. The zero-order valence-electron chi connectivity index (χ0n) is 15.3. The van der Waals surface area contributed by atoms with E-state index in [1.807, 2.05) is 13.1 Å². The standard InChI is InChI=1S/C21H22N4OS/c1-25-20(26)18-15-7-3-5-9-17(15)27-19(18)24-21(25)22-11-10-13-12-23-16-8-4-2-6-14(13)16/h2,4,6,8,12,23H,3,5,7,9-11H2,1H3,(H,22,24). The highest BCUT2D eigenvalue weighted by Gasteiger charge is 2.21. The molecule has 3 heterocycles. The first-order valence-electron chi connectivity index (χ1n) is 9.52. The summed E-state index contributed by atoms with van der Waals surface area (Å²) in [6.07, 6.45) is 7.43. The molecule has 138 valence electrons. The van der Waals surface area contributed by atoms with Gasteiger partial charge in [-0.3, -0.25) is 9.36 Å². The van der Waals surface area contributed by atoms with E-state index in [1.54, 1.807) is 15.9 Å². The van der Waals surface area contributed by atoms with Crippen LogP contribution in [-0.2, 0) is 26.3 Å². The number of H-pyrrole nitrogens is 1. The molecule has 5 nitrogen and oxygen atoms in total. The maximum Gasteiger partial charge on any atom is 0.263 e. The summed E-state index contributed by atoms with van der Waals surface area (Å²) in [5, 5.41) is 5.47. The number of fused-ring (bicyclic) bond motifs is 4. The number of nitrogens with zero attached hydrogens (tertiary/aromatic N) is 2. The molecule has 0 spiro atoms. The fourth-order valence-corrected chi connectivity index (χ4v) is 5.34. The van der Waals surface area contributed by atoms with Gasteiger partial charge in [0.15, 0.2) is 0 Å². The van der Waals surface area contributed by atoms with Crippen molar-refractivity contribution in [1.29, 1.82) is 0 Å². The van der Waals surface area contributed by atoms with E-state index in [0.29, 0.717) is 5.95 Å². The Hall–Kier alpha value is -2.60. The Kier molecular flexibility index (Phi) is 4.01. The van der Waals surface area contributed by atoms with Crippen LogP contribution in [0.25, 0.3) is 21.1 Å². The summed E-state index contributed by atoms with van der Waals surface area (Å²) >= 11 is 1.70. The van der Waals surface area contributed by atoms with Gasteiger partial charge in [-0.2, -0.15) is 0 Å². The molecular weight excluding hydrogens is 356 g/mol. The summed E-state index contributed by atoms with van der Waals surface area (Å²) in [4.78, 5) is 23.3. The average molecular weight is 379 g/mol. The predicted molar refractivity (Wildman–Crippen MR) is 112 cm³/mol. The molecule has 1 aliphatic carbocycles. The van der Waals surface area contributed by atoms with Gasteiger partial charge in [0.1, 0.15) is 4.83 Å². The van der Waals surface area contributed by atoms with Crippen LogP contribution < -0.4 is 10.9 Å². The van der Waals surface area contributed by atoms with E-state index in [2.05, 4.69) is 34.7 Å². The van der Waals surface area contributed by atoms with Crippen LogP contribution in [0.1, 0.15) is 28.8 Å². The summed E-state index contributed by atoms with van der Waals surface area (Å²) in [5.41, 5.74) is 3.76. The number of para-hydroxylation sites is 1. The van der Waals surface area contributed by atoms with Gasteiger partial charge in [-0.25, -0.2) is 4.98 Å². The molecule has 0 fully saturated rings. The number of aromatic amines is 1. The second-order valence-electron chi connectivity index (χ2n) is 7.23. The summed E-state index contributed by atoms with van der Waals surface area (Å²) < 4.78 is 1.67. The molecule has 0 amide bonds. The lowest BCUT2D eigenvalue weighted by molar-refractivity contribution is 0.699. The lowest BCUT2D eigenvalue weighted by Crippen LogP contribution is -2.23. The van der Waals surface area contributed by atoms with Crippen molar-refractivity contribution in [1.82, 2.24) is 14.5 Å². The summed E-state index contributed by atoms with van der Waals surface area (Å²) in [6, 6.07) is 8.32. The van der Waals surface area contributed by atoms with Gasteiger partial charge in [-0.05, 0) is 49.3 Å². The van der Waals surface area contributed by atoms with Crippen molar-refractivity contribution in [2.75, 3.05) is 11.9 Å². The number of nitrogens with one attached hydrogen (secondary N) is 2. The van der Waals surface area contributed by atoms with E-state index in [1.165, 1.54) is 34.2 Å². The summed E-state index contributed by atoms with van der Waals surface area (Å²) in [5.74, 6) is 0.658. The molecule has 0 aliphatic heterocycles. The number of hydrogen-bond acceptors (Lipinski definition) is 4. The lowest BCUT2D eigenvalue weighted by Gasteiger charge is -2.12. The van der Waals surface area contributed by atoms with Crippen molar-refractivity contribution in [3.05, 3.63) is 56.8 Å². The minimum Gasteiger partial charge on any atom is -0.361 e. The van der Waals surface area contributed by atoms with E-state index in [4.69, 9.17) is 4.98 Å². The molecule has 1 aromatic carbocycles. The van der Waals surface area contributed by atoms with Gasteiger partial charge in [0.25, 0.3) is 5.56 Å². The first-order chi connectivity index (χ1) is 13.2. The van der Waals surface area contributed by atoms with Crippen LogP contribution in [0.15, 0.2) is 35.3 Å². The Morgan fingerprint density at radius 3 is 3.04 bits per heavy atom. The molecule has 0 saturated carbocycles. The molecular formula is C21H22N4OS. The maximum absolute atomic E-state index is 12.9. The smallest absolute Gasteiger partial charge is 0.263 e. The first-order valence-corrected chi connectivity index (χ1v) is 10.3.